The number of amides is 2. The lowest BCUT2D eigenvalue weighted by Gasteiger charge is -2.35. The lowest BCUT2D eigenvalue weighted by Crippen LogP contribution is -2.50. The van der Waals surface area contributed by atoms with Gasteiger partial charge in [-0.2, -0.15) is 4.72 Å². The van der Waals surface area contributed by atoms with Gasteiger partial charge in [-0.3, -0.25) is 9.59 Å². The number of para-hydroxylation sites is 1. The highest BCUT2D eigenvalue weighted by molar-refractivity contribution is 7.89. The third-order valence-corrected chi connectivity index (χ3v) is 6.14. The summed E-state index contributed by atoms with van der Waals surface area (Å²) in [5, 5.41) is 9.87. The summed E-state index contributed by atoms with van der Waals surface area (Å²) < 4.78 is 26.7. The van der Waals surface area contributed by atoms with Crippen LogP contribution in [0.2, 0.25) is 0 Å². The predicted molar refractivity (Wildman–Crippen MR) is 110 cm³/mol. The Morgan fingerprint density at radius 1 is 1.00 bits per heavy atom. The molecule has 0 radical (unpaired) electrons. The Morgan fingerprint density at radius 2 is 1.63 bits per heavy atom. The highest BCUT2D eigenvalue weighted by atomic mass is 32.2. The van der Waals surface area contributed by atoms with Gasteiger partial charge in [0.2, 0.25) is 10.0 Å². The van der Waals surface area contributed by atoms with Crippen molar-refractivity contribution >= 4 is 21.8 Å². The van der Waals surface area contributed by atoms with Gasteiger partial charge >= 0.3 is 0 Å². The number of carbonyl (C=O) groups is 2. The molecular weight excluding hydrogens is 406 g/mol. The number of sulfonamides is 1. The number of phenols is 1. The first-order valence-electron chi connectivity index (χ1n) is 9.23. The van der Waals surface area contributed by atoms with Gasteiger partial charge in [-0.15, -0.1) is 6.42 Å². The first kappa shape index (κ1) is 21.4. The molecular formula is C21H21N3O5S. The fourth-order valence-electron chi connectivity index (χ4n) is 3.14. The van der Waals surface area contributed by atoms with E-state index in [1.54, 1.807) is 34.1 Å². The summed E-state index contributed by atoms with van der Waals surface area (Å²) in [7, 11) is -3.80. The molecule has 3 rings (SSSR count). The predicted octanol–water partition coefficient (Wildman–Crippen LogP) is 0.902. The molecule has 0 atom stereocenters. The van der Waals surface area contributed by atoms with Crippen LogP contribution in [0.5, 0.6) is 5.75 Å². The van der Waals surface area contributed by atoms with Gasteiger partial charge in [0.15, 0.2) is 0 Å². The van der Waals surface area contributed by atoms with Gasteiger partial charge in [-0.1, -0.05) is 24.1 Å². The topological polar surface area (TPSA) is 107 Å². The number of hydrogen-bond donors (Lipinski definition) is 2. The van der Waals surface area contributed by atoms with Crippen LogP contribution < -0.4 is 4.72 Å². The molecule has 2 N–H and O–H groups in total. The van der Waals surface area contributed by atoms with E-state index in [0.29, 0.717) is 26.2 Å². The zero-order chi connectivity index (χ0) is 21.7. The maximum atomic E-state index is 12.8. The van der Waals surface area contributed by atoms with Crippen LogP contribution in [-0.2, 0) is 10.0 Å². The van der Waals surface area contributed by atoms with Gasteiger partial charge in [-0.05, 0) is 30.3 Å². The molecule has 0 saturated carbocycles. The largest absolute Gasteiger partial charge is 0.507 e. The molecule has 0 spiro atoms. The van der Waals surface area contributed by atoms with Crippen molar-refractivity contribution in [3.05, 3.63) is 59.7 Å². The fourth-order valence-corrected chi connectivity index (χ4v) is 4.12. The van der Waals surface area contributed by atoms with Crippen LogP contribution in [0.1, 0.15) is 20.7 Å². The van der Waals surface area contributed by atoms with E-state index in [4.69, 9.17) is 6.42 Å². The zero-order valence-corrected chi connectivity index (χ0v) is 16.9. The number of nitrogens with one attached hydrogen (secondary N) is 1. The smallest absolute Gasteiger partial charge is 0.257 e. The summed E-state index contributed by atoms with van der Waals surface area (Å²) in [6, 6.07) is 12.0. The van der Waals surface area contributed by atoms with E-state index >= 15 is 0 Å². The molecule has 1 aliphatic heterocycles. The average molecular weight is 427 g/mol. The number of phenolic OH excluding ortho intramolecular Hbond substituents is 1. The first-order chi connectivity index (χ1) is 14.3. The van der Waals surface area contributed by atoms with Crippen molar-refractivity contribution in [2.24, 2.45) is 0 Å². The molecule has 8 nitrogen and oxygen atoms in total. The lowest BCUT2D eigenvalue weighted by molar-refractivity contribution is 0.0533. The monoisotopic (exact) mass is 427 g/mol. The Labute approximate surface area is 175 Å². The van der Waals surface area contributed by atoms with E-state index < -0.39 is 10.0 Å². The van der Waals surface area contributed by atoms with Crippen molar-refractivity contribution in [1.82, 2.24) is 14.5 Å². The Balaban J connectivity index is 1.67. The summed E-state index contributed by atoms with van der Waals surface area (Å²) in [6.07, 6.45) is 5.09. The number of hydrogen-bond acceptors (Lipinski definition) is 5. The molecule has 1 heterocycles. The zero-order valence-electron chi connectivity index (χ0n) is 16.1. The lowest BCUT2D eigenvalue weighted by atomic mass is 10.1. The number of rotatable bonds is 5. The third-order valence-electron chi connectivity index (χ3n) is 4.74. The third kappa shape index (κ3) is 4.62. The van der Waals surface area contributed by atoms with Crippen molar-refractivity contribution in [3.63, 3.8) is 0 Å². The summed E-state index contributed by atoms with van der Waals surface area (Å²) in [6.45, 7) is 1.06. The van der Waals surface area contributed by atoms with E-state index in [-0.39, 0.29) is 40.1 Å². The second kappa shape index (κ2) is 8.98. The van der Waals surface area contributed by atoms with Crippen LogP contribution in [0.4, 0.5) is 0 Å². The van der Waals surface area contributed by atoms with Gasteiger partial charge in [0.25, 0.3) is 11.8 Å². The average Bonchev–Trinajstić information content (AvgIpc) is 2.77. The van der Waals surface area contributed by atoms with Gasteiger partial charge in [-0.25, -0.2) is 8.42 Å². The fraction of sp³-hybridized carbons (Fsp3) is 0.238. The first-order valence-corrected chi connectivity index (χ1v) is 10.7. The number of terminal acetylenes is 1. The molecule has 156 valence electrons. The van der Waals surface area contributed by atoms with Crippen molar-refractivity contribution in [2.45, 2.75) is 4.90 Å². The second-order valence-corrected chi connectivity index (χ2v) is 8.43. The Kier molecular flexibility index (Phi) is 6.40. The van der Waals surface area contributed by atoms with Crippen molar-refractivity contribution in [3.8, 4) is 18.1 Å². The van der Waals surface area contributed by atoms with E-state index in [1.807, 2.05) is 0 Å². The SMILES string of the molecule is C#CCNS(=O)(=O)c1cccc(C(=O)N2CCN(C(=O)c3ccccc3O)CC2)c1. The molecule has 2 amide bonds. The molecule has 0 unspecified atom stereocenters. The summed E-state index contributed by atoms with van der Waals surface area (Å²) in [4.78, 5) is 28.5. The highest BCUT2D eigenvalue weighted by Crippen LogP contribution is 2.20. The van der Waals surface area contributed by atoms with Crippen molar-refractivity contribution in [1.29, 1.82) is 0 Å². The van der Waals surface area contributed by atoms with E-state index in [1.165, 1.54) is 24.3 Å². The number of carbonyl (C=O) groups excluding carboxylic acids is 2. The minimum atomic E-state index is -3.80. The van der Waals surface area contributed by atoms with Crippen molar-refractivity contribution < 1.29 is 23.1 Å². The molecule has 0 aromatic heterocycles. The number of aromatic hydroxyl groups is 1. The van der Waals surface area contributed by atoms with Crippen LogP contribution in [0, 0.1) is 12.3 Å². The summed E-state index contributed by atoms with van der Waals surface area (Å²) in [5.74, 6) is 1.49. The highest BCUT2D eigenvalue weighted by Gasteiger charge is 2.27. The van der Waals surface area contributed by atoms with E-state index in [0.717, 1.165) is 0 Å². The minimum Gasteiger partial charge on any atom is -0.507 e. The van der Waals surface area contributed by atoms with Gasteiger partial charge in [0.05, 0.1) is 17.0 Å². The maximum absolute atomic E-state index is 12.8. The molecule has 0 bridgehead atoms. The Hall–Kier alpha value is -3.35. The van der Waals surface area contributed by atoms with Gasteiger partial charge in [0, 0.05) is 31.7 Å². The molecule has 1 fully saturated rings. The van der Waals surface area contributed by atoms with Crippen LogP contribution in [0.15, 0.2) is 53.4 Å². The molecule has 30 heavy (non-hydrogen) atoms. The van der Waals surface area contributed by atoms with Crippen LogP contribution in [-0.4, -0.2) is 67.9 Å². The standard InChI is InChI=1S/C21H21N3O5S/c1-2-10-22-30(28,29)17-7-5-6-16(15-17)20(26)23-11-13-24(14-12-23)21(27)18-8-3-4-9-19(18)25/h1,3-9,15,22,25H,10-14H2. The number of nitrogens with zero attached hydrogens (tertiary/aromatic N) is 2. The van der Waals surface area contributed by atoms with Gasteiger partial charge < -0.3 is 14.9 Å². The Morgan fingerprint density at radius 3 is 2.27 bits per heavy atom. The Bertz CT molecular complexity index is 1100. The normalized spacial score (nSPS) is 14.2. The molecule has 2 aromatic rings. The minimum absolute atomic E-state index is 0.0445. The molecule has 1 aliphatic rings. The molecule has 0 aliphatic carbocycles. The summed E-state index contributed by atoms with van der Waals surface area (Å²) >= 11 is 0. The van der Waals surface area contributed by atoms with E-state index in [2.05, 4.69) is 10.6 Å². The second-order valence-electron chi connectivity index (χ2n) is 6.66. The van der Waals surface area contributed by atoms with E-state index in [9.17, 15) is 23.1 Å². The van der Waals surface area contributed by atoms with Gasteiger partial charge in [0.1, 0.15) is 5.75 Å². The quantitative estimate of drug-likeness (QED) is 0.690. The maximum Gasteiger partial charge on any atom is 0.257 e. The molecule has 9 heteroatoms. The molecule has 1 saturated heterocycles. The summed E-state index contributed by atoms with van der Waals surface area (Å²) in [5.41, 5.74) is 0.453. The molecule has 2 aromatic carbocycles. The van der Waals surface area contributed by atoms with Crippen LogP contribution in [0.3, 0.4) is 0 Å². The van der Waals surface area contributed by atoms with Crippen molar-refractivity contribution in [2.75, 3.05) is 32.7 Å². The number of piperazine rings is 1. The van der Waals surface area contributed by atoms with Crippen LogP contribution >= 0.6 is 0 Å². The van der Waals surface area contributed by atoms with Crippen LogP contribution in [0.25, 0.3) is 0 Å². The number of benzene rings is 2.